The maximum atomic E-state index is 13.5. The van der Waals surface area contributed by atoms with Crippen LogP contribution in [0.5, 0.6) is 17.2 Å². The molecule has 0 atom stereocenters. The Kier molecular flexibility index (Phi) is 9.93. The number of hydrogen-bond acceptors (Lipinski definition) is 9. The lowest BCUT2D eigenvalue weighted by Gasteiger charge is -2.19. The number of pyridine rings is 1. The Morgan fingerprint density at radius 2 is 1.71 bits per heavy atom. The monoisotopic (exact) mass is 604 g/mol. The van der Waals surface area contributed by atoms with Crippen molar-refractivity contribution in [1.29, 1.82) is 5.26 Å². The number of anilines is 1. The lowest BCUT2D eigenvalue weighted by Crippen LogP contribution is -2.28. The van der Waals surface area contributed by atoms with Gasteiger partial charge in [-0.2, -0.15) is 5.26 Å². The van der Waals surface area contributed by atoms with Crippen LogP contribution in [0.3, 0.4) is 0 Å². The Morgan fingerprint density at radius 1 is 1.02 bits per heavy atom. The fraction of sp³-hybridized carbons (Fsp3) is 0.290. The smallest absolute Gasteiger partial charge is 0.270 e. The number of carbonyl (C=O) groups excluding carboxylic acids is 1. The van der Waals surface area contributed by atoms with Gasteiger partial charge in [0.25, 0.3) is 11.5 Å². The number of nitrogens with one attached hydrogen (secondary N) is 1. The van der Waals surface area contributed by atoms with Crippen LogP contribution in [0.25, 0.3) is 6.08 Å². The molecule has 4 rings (SSSR count). The second kappa shape index (κ2) is 13.6. The fourth-order valence-electron chi connectivity index (χ4n) is 4.70. The van der Waals surface area contributed by atoms with Gasteiger partial charge in [-0.3, -0.25) is 19.1 Å². The predicted octanol–water partition coefficient (Wildman–Crippen LogP) is 5.13. The number of rotatable bonds is 11. The number of ether oxygens (including phenoxy) is 3. The third kappa shape index (κ3) is 6.30. The van der Waals surface area contributed by atoms with Gasteiger partial charge in [-0.15, -0.1) is 0 Å². The highest BCUT2D eigenvalue weighted by atomic mass is 32.2. The summed E-state index contributed by atoms with van der Waals surface area (Å²) in [5, 5.41) is 13.2. The molecule has 2 heterocycles. The summed E-state index contributed by atoms with van der Waals surface area (Å²) in [6.07, 6.45) is 2.36. The molecule has 42 heavy (non-hydrogen) atoms. The second-order valence-electron chi connectivity index (χ2n) is 9.41. The first-order valence-corrected chi connectivity index (χ1v) is 14.5. The van der Waals surface area contributed by atoms with Crippen molar-refractivity contribution >= 4 is 46.1 Å². The lowest BCUT2D eigenvalue weighted by atomic mass is 10.0. The van der Waals surface area contributed by atoms with Crippen LogP contribution in [0.1, 0.15) is 34.7 Å². The van der Waals surface area contributed by atoms with E-state index in [1.807, 2.05) is 49.4 Å². The van der Waals surface area contributed by atoms with Crippen molar-refractivity contribution in [2.24, 2.45) is 0 Å². The largest absolute Gasteiger partial charge is 0.497 e. The number of nitrogens with zero attached hydrogens (tertiary/aromatic N) is 3. The van der Waals surface area contributed by atoms with E-state index in [1.165, 1.54) is 16.3 Å². The highest BCUT2D eigenvalue weighted by Gasteiger charge is 2.33. The van der Waals surface area contributed by atoms with Crippen LogP contribution in [0.2, 0.25) is 0 Å². The van der Waals surface area contributed by atoms with Gasteiger partial charge in [0.1, 0.15) is 27.5 Å². The quantitative estimate of drug-likeness (QED) is 0.236. The molecule has 0 saturated carbocycles. The molecule has 2 aromatic carbocycles. The number of nitriles is 1. The first-order valence-electron chi connectivity index (χ1n) is 13.3. The summed E-state index contributed by atoms with van der Waals surface area (Å²) < 4.78 is 17.9. The van der Waals surface area contributed by atoms with E-state index in [-0.39, 0.29) is 17.0 Å². The number of thiocarbonyl (C=S) groups is 1. The highest BCUT2D eigenvalue weighted by molar-refractivity contribution is 8.26. The Morgan fingerprint density at radius 3 is 2.33 bits per heavy atom. The van der Waals surface area contributed by atoms with E-state index in [2.05, 4.69) is 11.4 Å². The van der Waals surface area contributed by atoms with Crippen LogP contribution in [0.4, 0.5) is 5.82 Å². The number of hydrogen-bond donors (Lipinski definition) is 1. The second-order valence-corrected chi connectivity index (χ2v) is 11.1. The number of carbonyl (C=O) groups is 1. The van der Waals surface area contributed by atoms with Gasteiger partial charge in [0, 0.05) is 18.7 Å². The van der Waals surface area contributed by atoms with Gasteiger partial charge in [0.05, 0.1) is 32.8 Å². The first-order chi connectivity index (χ1) is 20.3. The van der Waals surface area contributed by atoms with Crippen LogP contribution >= 0.6 is 24.0 Å². The molecule has 11 heteroatoms. The third-order valence-corrected chi connectivity index (χ3v) is 8.37. The van der Waals surface area contributed by atoms with Crippen LogP contribution in [0, 0.1) is 18.3 Å². The zero-order valence-corrected chi connectivity index (χ0v) is 25.8. The van der Waals surface area contributed by atoms with Gasteiger partial charge < -0.3 is 19.5 Å². The molecule has 218 valence electrons. The minimum absolute atomic E-state index is 0.0438. The molecular weight excluding hydrogens is 572 g/mol. The molecule has 1 amide bonds. The van der Waals surface area contributed by atoms with E-state index in [9.17, 15) is 14.9 Å². The number of methoxy groups -OCH3 is 3. The van der Waals surface area contributed by atoms with Gasteiger partial charge in [0.2, 0.25) is 0 Å². The van der Waals surface area contributed by atoms with E-state index in [0.717, 1.165) is 16.9 Å². The zero-order chi connectivity index (χ0) is 30.4. The predicted molar refractivity (Wildman–Crippen MR) is 169 cm³/mol. The van der Waals surface area contributed by atoms with Crippen molar-refractivity contribution in [2.45, 2.75) is 33.4 Å². The minimum atomic E-state index is -0.379. The molecule has 1 saturated heterocycles. The fourth-order valence-corrected chi connectivity index (χ4v) is 5.93. The van der Waals surface area contributed by atoms with Crippen molar-refractivity contribution in [3.05, 3.63) is 85.5 Å². The molecule has 3 aromatic rings. The molecule has 9 nitrogen and oxygen atoms in total. The van der Waals surface area contributed by atoms with Crippen molar-refractivity contribution in [2.75, 3.05) is 33.2 Å². The average Bonchev–Trinajstić information content (AvgIpc) is 3.26. The van der Waals surface area contributed by atoms with Crippen molar-refractivity contribution in [1.82, 2.24) is 9.47 Å². The van der Waals surface area contributed by atoms with Crippen molar-refractivity contribution < 1.29 is 19.0 Å². The molecule has 1 aromatic heterocycles. The Bertz CT molecular complexity index is 1640. The molecule has 1 aliphatic heterocycles. The molecule has 1 aliphatic rings. The standard InChI is InChI=1S/C31H32N4O5S2/c1-6-34-28(33-14-13-20-9-12-25(39-4)26(15-20)40-5)23(19(2)24(17-32)29(34)36)16-27-30(37)35(31(41)42-27)18-21-7-10-22(38-3)11-8-21/h7-12,15-16,33H,6,13-14,18H2,1-5H3/b27-16+. The van der Waals surface area contributed by atoms with Crippen molar-refractivity contribution in [3.63, 3.8) is 0 Å². The summed E-state index contributed by atoms with van der Waals surface area (Å²) in [6, 6.07) is 15.2. The summed E-state index contributed by atoms with van der Waals surface area (Å²) >= 11 is 6.77. The number of aromatic nitrogens is 1. The minimum Gasteiger partial charge on any atom is -0.497 e. The van der Waals surface area contributed by atoms with Crippen LogP contribution in [-0.4, -0.2) is 47.6 Å². The third-order valence-electron chi connectivity index (χ3n) is 6.99. The van der Waals surface area contributed by atoms with E-state index in [1.54, 1.807) is 39.2 Å². The summed E-state index contributed by atoms with van der Waals surface area (Å²) in [5.41, 5.74) is 2.69. The van der Waals surface area contributed by atoms with Gasteiger partial charge in [-0.25, -0.2) is 0 Å². The molecular formula is C31H32N4O5S2. The summed E-state index contributed by atoms with van der Waals surface area (Å²) in [7, 11) is 4.78. The summed E-state index contributed by atoms with van der Waals surface area (Å²) in [4.78, 5) is 28.7. The molecule has 0 aliphatic carbocycles. The molecule has 1 fully saturated rings. The van der Waals surface area contributed by atoms with Crippen LogP contribution in [-0.2, 0) is 24.3 Å². The first kappa shape index (κ1) is 30.7. The zero-order valence-electron chi connectivity index (χ0n) is 24.1. The van der Waals surface area contributed by atoms with Crippen LogP contribution in [0.15, 0.2) is 52.2 Å². The maximum Gasteiger partial charge on any atom is 0.270 e. The molecule has 0 bridgehead atoms. The van der Waals surface area contributed by atoms with E-state index in [0.29, 0.717) is 63.7 Å². The molecule has 1 N–H and O–H groups in total. The number of thioether (sulfide) groups is 1. The van der Waals surface area contributed by atoms with Gasteiger partial charge >= 0.3 is 0 Å². The molecule has 0 spiro atoms. The van der Waals surface area contributed by atoms with E-state index in [4.69, 9.17) is 26.4 Å². The number of amides is 1. The van der Waals surface area contributed by atoms with Gasteiger partial charge in [-0.05, 0) is 67.3 Å². The number of benzene rings is 2. The Labute approximate surface area is 254 Å². The summed E-state index contributed by atoms with van der Waals surface area (Å²) in [6.45, 7) is 4.71. The topological polar surface area (TPSA) is 106 Å². The average molecular weight is 605 g/mol. The van der Waals surface area contributed by atoms with Gasteiger partial charge in [-0.1, -0.05) is 42.2 Å². The van der Waals surface area contributed by atoms with Gasteiger partial charge in [0.15, 0.2) is 11.5 Å². The Hall–Kier alpha value is -4.27. The maximum absolute atomic E-state index is 13.5. The highest BCUT2D eigenvalue weighted by Crippen LogP contribution is 2.36. The molecule has 0 radical (unpaired) electrons. The normalized spacial score (nSPS) is 13.8. The Balaban J connectivity index is 1.66. The van der Waals surface area contributed by atoms with Crippen LogP contribution < -0.4 is 25.1 Å². The van der Waals surface area contributed by atoms with Crippen molar-refractivity contribution in [3.8, 4) is 23.3 Å². The molecule has 0 unspecified atom stereocenters. The SMILES string of the molecule is CCn1c(NCCc2ccc(OC)c(OC)c2)c(/C=C2/SC(=S)N(Cc3ccc(OC)cc3)C2=O)c(C)c(C#N)c1=O. The van der Waals surface area contributed by atoms with E-state index >= 15 is 0 Å². The van der Waals surface area contributed by atoms with E-state index < -0.39 is 0 Å². The lowest BCUT2D eigenvalue weighted by molar-refractivity contribution is -0.122. The summed E-state index contributed by atoms with van der Waals surface area (Å²) in [5.74, 6) is 2.31.